The lowest BCUT2D eigenvalue weighted by molar-refractivity contribution is -0.133. The van der Waals surface area contributed by atoms with Crippen LogP contribution in [0.25, 0.3) is 0 Å². The van der Waals surface area contributed by atoms with Crippen LogP contribution in [0.1, 0.15) is 17.5 Å². The Kier molecular flexibility index (Phi) is 5.69. The van der Waals surface area contributed by atoms with Crippen molar-refractivity contribution >= 4 is 29.1 Å². The van der Waals surface area contributed by atoms with E-state index in [0.29, 0.717) is 36.2 Å². The van der Waals surface area contributed by atoms with Gasteiger partial charge in [0.05, 0.1) is 25.2 Å². The van der Waals surface area contributed by atoms with Gasteiger partial charge in [-0.05, 0) is 17.7 Å². The average molecular weight is 405 g/mol. The zero-order valence-electron chi connectivity index (χ0n) is 15.0. The number of hydrogen-bond acceptors (Lipinski definition) is 3. The van der Waals surface area contributed by atoms with Crippen LogP contribution in [0.5, 0.6) is 0 Å². The van der Waals surface area contributed by atoms with Gasteiger partial charge in [0.1, 0.15) is 0 Å². The summed E-state index contributed by atoms with van der Waals surface area (Å²) in [5, 5.41) is 1.35. The molecular formula is C21H22Cl2N2O2. The Hall–Kier alpha value is -1.59. The Morgan fingerprint density at radius 3 is 2.44 bits per heavy atom. The molecule has 2 aromatic carbocycles. The van der Waals surface area contributed by atoms with E-state index in [1.165, 1.54) is 0 Å². The monoisotopic (exact) mass is 404 g/mol. The van der Waals surface area contributed by atoms with E-state index in [1.54, 1.807) is 0 Å². The second-order valence-corrected chi connectivity index (χ2v) is 7.94. The molecule has 0 unspecified atom stereocenters. The number of halogens is 2. The molecule has 2 aliphatic rings. The molecular weight excluding hydrogens is 383 g/mol. The third-order valence-corrected chi connectivity index (χ3v) is 6.03. The first-order valence-electron chi connectivity index (χ1n) is 9.22. The second-order valence-electron chi connectivity index (χ2n) is 7.13. The molecule has 0 radical (unpaired) electrons. The predicted molar refractivity (Wildman–Crippen MR) is 107 cm³/mol. The molecule has 4 nitrogen and oxygen atoms in total. The molecule has 2 saturated heterocycles. The predicted octanol–water partition coefficient (Wildman–Crippen LogP) is 4.00. The van der Waals surface area contributed by atoms with Gasteiger partial charge < -0.3 is 9.64 Å². The van der Waals surface area contributed by atoms with Crippen LogP contribution in [-0.4, -0.2) is 47.5 Å². The lowest BCUT2D eigenvalue weighted by Gasteiger charge is -2.30. The third kappa shape index (κ3) is 4.14. The lowest BCUT2D eigenvalue weighted by Crippen LogP contribution is -2.45. The Labute approximate surface area is 169 Å². The van der Waals surface area contributed by atoms with Gasteiger partial charge in [0, 0.05) is 41.8 Å². The molecule has 142 valence electrons. The van der Waals surface area contributed by atoms with Gasteiger partial charge in [-0.15, -0.1) is 0 Å². The first-order chi connectivity index (χ1) is 13.1. The number of amides is 1. The molecule has 0 saturated carbocycles. The highest BCUT2D eigenvalue weighted by atomic mass is 35.5. The van der Waals surface area contributed by atoms with Crippen LogP contribution in [0.3, 0.4) is 0 Å². The summed E-state index contributed by atoms with van der Waals surface area (Å²) >= 11 is 12.7. The van der Waals surface area contributed by atoms with Crippen LogP contribution in [0.15, 0.2) is 48.5 Å². The summed E-state index contributed by atoms with van der Waals surface area (Å²) in [6.45, 7) is 3.27. The number of rotatable bonds is 4. The summed E-state index contributed by atoms with van der Waals surface area (Å²) in [4.78, 5) is 17.0. The molecule has 0 bridgehead atoms. The molecule has 0 aromatic heterocycles. The van der Waals surface area contributed by atoms with Crippen molar-refractivity contribution in [2.75, 3.05) is 19.7 Å². The van der Waals surface area contributed by atoms with Crippen molar-refractivity contribution in [2.24, 2.45) is 0 Å². The van der Waals surface area contributed by atoms with E-state index in [-0.39, 0.29) is 18.1 Å². The Balaban J connectivity index is 1.52. The molecule has 0 aliphatic carbocycles. The topological polar surface area (TPSA) is 32.8 Å². The zero-order chi connectivity index (χ0) is 18.8. The normalized spacial score (nSPS) is 23.3. The van der Waals surface area contributed by atoms with E-state index in [0.717, 1.165) is 24.2 Å². The Bertz CT molecular complexity index is 795. The highest BCUT2D eigenvalue weighted by molar-refractivity contribution is 6.35. The van der Waals surface area contributed by atoms with Crippen LogP contribution in [0.4, 0.5) is 0 Å². The summed E-state index contributed by atoms with van der Waals surface area (Å²) in [5.74, 6) is 0.156. The fourth-order valence-electron chi connectivity index (χ4n) is 3.94. The van der Waals surface area contributed by atoms with Crippen molar-refractivity contribution in [3.8, 4) is 0 Å². The van der Waals surface area contributed by atoms with Crippen LogP contribution < -0.4 is 0 Å². The fourth-order valence-corrected chi connectivity index (χ4v) is 4.46. The molecule has 2 aromatic rings. The van der Waals surface area contributed by atoms with Gasteiger partial charge >= 0.3 is 0 Å². The minimum absolute atomic E-state index is 0.0152. The molecule has 2 atom stereocenters. The highest BCUT2D eigenvalue weighted by Crippen LogP contribution is 2.30. The number of carbonyl (C=O) groups is 1. The number of likely N-dealkylation sites (tertiary alicyclic amines) is 1. The largest absolute Gasteiger partial charge is 0.374 e. The minimum atomic E-state index is 0.0152. The average Bonchev–Trinajstić information content (AvgIpc) is 3.00. The van der Waals surface area contributed by atoms with Gasteiger partial charge in [-0.1, -0.05) is 59.6 Å². The van der Waals surface area contributed by atoms with Gasteiger partial charge in [0.15, 0.2) is 0 Å². The maximum Gasteiger partial charge on any atom is 0.225 e. The maximum absolute atomic E-state index is 12.7. The highest BCUT2D eigenvalue weighted by Gasteiger charge is 2.41. The number of carbonyl (C=O) groups excluding carboxylic acids is 1. The van der Waals surface area contributed by atoms with E-state index >= 15 is 0 Å². The van der Waals surface area contributed by atoms with Gasteiger partial charge in [0.2, 0.25) is 5.91 Å². The van der Waals surface area contributed by atoms with E-state index in [9.17, 15) is 4.79 Å². The van der Waals surface area contributed by atoms with Crippen molar-refractivity contribution in [1.82, 2.24) is 9.80 Å². The molecule has 6 heteroatoms. The first kappa shape index (κ1) is 18.8. The summed E-state index contributed by atoms with van der Waals surface area (Å²) < 4.78 is 6.02. The molecule has 2 heterocycles. The van der Waals surface area contributed by atoms with Crippen LogP contribution in [0.2, 0.25) is 10.0 Å². The standard InChI is InChI=1S/C21H22Cl2N2O2/c22-17-7-4-8-18(23)16(17)12-24-13-19-20(14-24)27-10-9-21(26)25(19)11-15-5-2-1-3-6-15/h1-8,19-20H,9-14H2/t19-,20-/m0/s1. The second kappa shape index (κ2) is 8.19. The first-order valence-corrected chi connectivity index (χ1v) is 9.97. The van der Waals surface area contributed by atoms with Crippen molar-refractivity contribution < 1.29 is 9.53 Å². The summed E-state index contributed by atoms with van der Waals surface area (Å²) in [5.41, 5.74) is 2.07. The van der Waals surface area contributed by atoms with Crippen molar-refractivity contribution in [1.29, 1.82) is 0 Å². The maximum atomic E-state index is 12.7. The van der Waals surface area contributed by atoms with E-state index < -0.39 is 0 Å². The number of hydrogen-bond donors (Lipinski definition) is 0. The minimum Gasteiger partial charge on any atom is -0.374 e. The molecule has 0 spiro atoms. The number of fused-ring (bicyclic) bond motifs is 1. The lowest BCUT2D eigenvalue weighted by atomic mass is 10.1. The van der Waals surface area contributed by atoms with Crippen LogP contribution >= 0.6 is 23.2 Å². The van der Waals surface area contributed by atoms with Gasteiger partial charge in [-0.3, -0.25) is 9.69 Å². The summed E-state index contributed by atoms with van der Waals surface area (Å²) in [7, 11) is 0. The molecule has 2 fully saturated rings. The number of nitrogens with zero attached hydrogens (tertiary/aromatic N) is 2. The molecule has 0 N–H and O–H groups in total. The van der Waals surface area contributed by atoms with E-state index in [4.69, 9.17) is 27.9 Å². The zero-order valence-corrected chi connectivity index (χ0v) is 16.5. The molecule has 1 amide bonds. The Morgan fingerprint density at radius 2 is 1.70 bits per heavy atom. The summed E-state index contributed by atoms with van der Waals surface area (Å²) in [6, 6.07) is 15.7. The smallest absolute Gasteiger partial charge is 0.225 e. The fraction of sp³-hybridized carbons (Fsp3) is 0.381. The van der Waals surface area contributed by atoms with E-state index in [1.807, 2.05) is 41.3 Å². The van der Waals surface area contributed by atoms with Crippen molar-refractivity contribution in [2.45, 2.75) is 31.7 Å². The van der Waals surface area contributed by atoms with Crippen molar-refractivity contribution in [3.63, 3.8) is 0 Å². The van der Waals surface area contributed by atoms with Gasteiger partial charge in [-0.2, -0.15) is 0 Å². The molecule has 4 rings (SSSR count). The van der Waals surface area contributed by atoms with Crippen LogP contribution in [-0.2, 0) is 22.6 Å². The third-order valence-electron chi connectivity index (χ3n) is 5.32. The molecule has 27 heavy (non-hydrogen) atoms. The number of benzene rings is 2. The Morgan fingerprint density at radius 1 is 0.963 bits per heavy atom. The summed E-state index contributed by atoms with van der Waals surface area (Å²) in [6.07, 6.45) is 0.456. The van der Waals surface area contributed by atoms with Gasteiger partial charge in [-0.25, -0.2) is 0 Å². The van der Waals surface area contributed by atoms with Crippen molar-refractivity contribution in [3.05, 3.63) is 69.7 Å². The van der Waals surface area contributed by atoms with E-state index in [2.05, 4.69) is 17.0 Å². The van der Waals surface area contributed by atoms with Crippen LogP contribution in [0, 0.1) is 0 Å². The SMILES string of the molecule is O=C1CCO[C@H]2CN(Cc3c(Cl)cccc3Cl)C[C@@H]2N1Cc1ccccc1. The van der Waals surface area contributed by atoms with Gasteiger partial charge in [0.25, 0.3) is 0 Å². The quantitative estimate of drug-likeness (QED) is 0.771. The number of ether oxygens (including phenoxy) is 1. The molecule has 2 aliphatic heterocycles.